The average Bonchev–Trinajstić information content (AvgIpc) is 2.35. The highest BCUT2D eigenvalue weighted by Gasteiger charge is 2.21. The molecule has 0 aromatic heterocycles. The number of hydrogen-bond acceptors (Lipinski definition) is 1. The van der Waals surface area contributed by atoms with E-state index in [0.717, 1.165) is 5.56 Å². The Labute approximate surface area is 105 Å². The number of benzene rings is 1. The summed E-state index contributed by atoms with van der Waals surface area (Å²) in [6.07, 6.45) is -1.79. The molecule has 0 fully saturated rings. The molecule has 0 aliphatic rings. The molecule has 0 saturated carbocycles. The predicted molar refractivity (Wildman–Crippen MR) is 65.3 cm³/mol. The molecule has 0 unspecified atom stereocenters. The number of aryl methyl sites for hydroxylation is 1. The number of rotatable bonds is 5. The molecule has 17 heavy (non-hydrogen) atoms. The van der Waals surface area contributed by atoms with E-state index in [9.17, 15) is 13.9 Å². The molecule has 0 aliphatic heterocycles. The van der Waals surface area contributed by atoms with Gasteiger partial charge in [-0.1, -0.05) is 30.3 Å². The summed E-state index contributed by atoms with van der Waals surface area (Å²) in [7, 11) is 0. The largest absolute Gasteiger partial charge is 0.391 e. The Hall–Kier alpha value is -0.930. The molecule has 0 spiro atoms. The van der Waals surface area contributed by atoms with E-state index in [1.54, 1.807) is 0 Å². The van der Waals surface area contributed by atoms with Gasteiger partial charge in [-0.15, -0.1) is 11.6 Å². The van der Waals surface area contributed by atoms with E-state index in [1.807, 2.05) is 30.3 Å². The standard InChI is InChI=1S/C13H15ClF2O/c1-9(13(15)16)12(14)11(17)8-7-10-5-3-2-4-6-10/h2-6,11-12,17H,7-8H2,1H3/t11-,12+/m0/s1. The minimum Gasteiger partial charge on any atom is -0.391 e. The van der Waals surface area contributed by atoms with Gasteiger partial charge in [0.2, 0.25) is 0 Å². The minimum atomic E-state index is -1.82. The maximum absolute atomic E-state index is 12.3. The predicted octanol–water partition coefficient (Wildman–Crippen LogP) is 3.76. The highest BCUT2D eigenvalue weighted by Crippen LogP contribution is 2.22. The molecule has 0 heterocycles. The molecular weight excluding hydrogens is 246 g/mol. The minimum absolute atomic E-state index is 0.257. The Bertz CT molecular complexity index is 374. The molecule has 1 nitrogen and oxygen atoms in total. The SMILES string of the molecule is CC(=C(F)F)[C@@H](Cl)[C@@H](O)CCc1ccccc1. The van der Waals surface area contributed by atoms with Gasteiger partial charge < -0.3 is 5.11 Å². The fraction of sp³-hybridized carbons (Fsp3) is 0.385. The first-order valence-corrected chi connectivity index (χ1v) is 5.84. The lowest BCUT2D eigenvalue weighted by molar-refractivity contribution is 0.166. The monoisotopic (exact) mass is 260 g/mol. The summed E-state index contributed by atoms with van der Waals surface area (Å²) in [6, 6.07) is 9.54. The van der Waals surface area contributed by atoms with E-state index in [4.69, 9.17) is 11.6 Å². The lowest BCUT2D eigenvalue weighted by Crippen LogP contribution is -2.23. The number of aliphatic hydroxyl groups is 1. The fourth-order valence-corrected chi connectivity index (χ4v) is 1.71. The van der Waals surface area contributed by atoms with Crippen LogP contribution in [0.15, 0.2) is 42.0 Å². The summed E-state index contributed by atoms with van der Waals surface area (Å²) in [6.45, 7) is 1.23. The summed E-state index contributed by atoms with van der Waals surface area (Å²) >= 11 is 5.76. The molecule has 0 bridgehead atoms. The van der Waals surface area contributed by atoms with E-state index in [2.05, 4.69) is 0 Å². The van der Waals surface area contributed by atoms with Gasteiger partial charge >= 0.3 is 0 Å². The molecule has 1 aromatic carbocycles. The van der Waals surface area contributed by atoms with Gasteiger partial charge in [-0.05, 0) is 25.3 Å². The van der Waals surface area contributed by atoms with Crippen LogP contribution >= 0.6 is 11.6 Å². The third-order valence-corrected chi connectivity index (χ3v) is 3.24. The van der Waals surface area contributed by atoms with Gasteiger partial charge in [0.1, 0.15) is 0 Å². The second-order valence-corrected chi connectivity index (χ2v) is 4.41. The fourth-order valence-electron chi connectivity index (χ4n) is 1.50. The van der Waals surface area contributed by atoms with Gasteiger partial charge in [0.15, 0.2) is 0 Å². The van der Waals surface area contributed by atoms with Crippen LogP contribution in [0.3, 0.4) is 0 Å². The van der Waals surface area contributed by atoms with Gasteiger partial charge in [-0.3, -0.25) is 0 Å². The van der Waals surface area contributed by atoms with Crippen molar-refractivity contribution in [2.75, 3.05) is 0 Å². The molecule has 4 heteroatoms. The average molecular weight is 261 g/mol. The molecule has 1 rings (SSSR count). The van der Waals surface area contributed by atoms with Crippen LogP contribution in [-0.2, 0) is 6.42 Å². The maximum atomic E-state index is 12.3. The highest BCUT2D eigenvalue weighted by molar-refractivity contribution is 6.22. The van der Waals surface area contributed by atoms with Crippen LogP contribution in [-0.4, -0.2) is 16.6 Å². The Morgan fingerprint density at radius 2 is 1.88 bits per heavy atom. The Balaban J connectivity index is 2.50. The van der Waals surface area contributed by atoms with Gasteiger partial charge in [0.25, 0.3) is 6.08 Å². The zero-order valence-electron chi connectivity index (χ0n) is 9.54. The Kier molecular flexibility index (Phi) is 5.59. The van der Waals surface area contributed by atoms with Crippen molar-refractivity contribution in [3.63, 3.8) is 0 Å². The Morgan fingerprint density at radius 1 is 1.29 bits per heavy atom. The summed E-state index contributed by atoms with van der Waals surface area (Å²) < 4.78 is 24.6. The van der Waals surface area contributed by atoms with Crippen molar-refractivity contribution < 1.29 is 13.9 Å². The van der Waals surface area contributed by atoms with Gasteiger partial charge in [0, 0.05) is 5.57 Å². The molecular formula is C13H15ClF2O. The van der Waals surface area contributed by atoms with Crippen molar-refractivity contribution in [1.29, 1.82) is 0 Å². The second kappa shape index (κ2) is 6.72. The van der Waals surface area contributed by atoms with E-state index in [1.165, 1.54) is 6.92 Å². The molecule has 94 valence electrons. The molecule has 0 radical (unpaired) electrons. The normalized spacial score (nSPS) is 14.2. The Morgan fingerprint density at radius 3 is 2.41 bits per heavy atom. The molecule has 1 N–H and O–H groups in total. The second-order valence-electron chi connectivity index (χ2n) is 3.94. The topological polar surface area (TPSA) is 20.2 Å². The maximum Gasteiger partial charge on any atom is 0.270 e. The molecule has 0 saturated heterocycles. The van der Waals surface area contributed by atoms with E-state index in [0.29, 0.717) is 12.8 Å². The summed E-state index contributed by atoms with van der Waals surface area (Å²) in [5.74, 6) is 0. The van der Waals surface area contributed by atoms with Crippen molar-refractivity contribution in [3.8, 4) is 0 Å². The van der Waals surface area contributed by atoms with Gasteiger partial charge in [0.05, 0.1) is 11.5 Å². The number of alkyl halides is 1. The third kappa shape index (κ3) is 4.44. The van der Waals surface area contributed by atoms with E-state index in [-0.39, 0.29) is 5.57 Å². The van der Waals surface area contributed by atoms with E-state index < -0.39 is 17.6 Å². The zero-order valence-corrected chi connectivity index (χ0v) is 10.3. The van der Waals surface area contributed by atoms with Crippen LogP contribution in [0.5, 0.6) is 0 Å². The number of aliphatic hydroxyl groups excluding tert-OH is 1. The molecule has 0 amide bonds. The highest BCUT2D eigenvalue weighted by atomic mass is 35.5. The summed E-state index contributed by atoms with van der Waals surface area (Å²) in [4.78, 5) is 0. The number of hydrogen-bond donors (Lipinski definition) is 1. The zero-order chi connectivity index (χ0) is 12.8. The van der Waals surface area contributed by atoms with Crippen LogP contribution in [0.2, 0.25) is 0 Å². The van der Waals surface area contributed by atoms with Crippen LogP contribution in [0, 0.1) is 0 Å². The first-order chi connectivity index (χ1) is 8.02. The van der Waals surface area contributed by atoms with E-state index >= 15 is 0 Å². The van der Waals surface area contributed by atoms with Crippen LogP contribution in [0.25, 0.3) is 0 Å². The number of halogens is 3. The summed E-state index contributed by atoms with van der Waals surface area (Å²) in [5, 5.41) is 8.67. The van der Waals surface area contributed by atoms with Crippen molar-refractivity contribution in [2.45, 2.75) is 31.2 Å². The summed E-state index contributed by atoms with van der Waals surface area (Å²) in [5.41, 5.74) is 0.796. The quantitative estimate of drug-likeness (QED) is 0.800. The first kappa shape index (κ1) is 14.1. The lowest BCUT2D eigenvalue weighted by Gasteiger charge is -2.16. The van der Waals surface area contributed by atoms with Crippen molar-refractivity contribution >= 4 is 11.6 Å². The smallest absolute Gasteiger partial charge is 0.270 e. The first-order valence-electron chi connectivity index (χ1n) is 5.40. The van der Waals surface area contributed by atoms with Crippen LogP contribution < -0.4 is 0 Å². The van der Waals surface area contributed by atoms with Crippen LogP contribution in [0.4, 0.5) is 8.78 Å². The van der Waals surface area contributed by atoms with Gasteiger partial charge in [-0.2, -0.15) is 8.78 Å². The molecule has 1 aromatic rings. The van der Waals surface area contributed by atoms with Crippen LogP contribution in [0.1, 0.15) is 18.9 Å². The van der Waals surface area contributed by atoms with Gasteiger partial charge in [-0.25, -0.2) is 0 Å². The lowest BCUT2D eigenvalue weighted by atomic mass is 10.0. The van der Waals surface area contributed by atoms with Crippen molar-refractivity contribution in [3.05, 3.63) is 47.5 Å². The molecule has 2 atom stereocenters. The van der Waals surface area contributed by atoms with Crippen molar-refractivity contribution in [2.24, 2.45) is 0 Å². The molecule has 0 aliphatic carbocycles. The van der Waals surface area contributed by atoms with Crippen molar-refractivity contribution in [1.82, 2.24) is 0 Å². The third-order valence-electron chi connectivity index (χ3n) is 2.62.